The highest BCUT2D eigenvalue weighted by atomic mass is 16.1. The molecule has 7 nitrogen and oxygen atoms in total. The molecule has 0 aliphatic carbocycles. The van der Waals surface area contributed by atoms with Crippen LogP contribution in [0.5, 0.6) is 0 Å². The molecule has 2 aromatic heterocycles. The standard InChI is InChI=1S/C11H12N6O/c12-10-9(11(18)17-7-1-6-16(10)17)15-14-8-2-4-13-5-3-8/h2-5H,1,6-7,12H2. The highest BCUT2D eigenvalue weighted by molar-refractivity contribution is 5.57. The molecule has 0 amide bonds. The molecule has 0 bridgehead atoms. The normalized spacial score (nSPS) is 14.2. The van der Waals surface area contributed by atoms with E-state index in [1.54, 1.807) is 33.9 Å². The van der Waals surface area contributed by atoms with E-state index in [-0.39, 0.29) is 11.2 Å². The third-order valence-electron chi connectivity index (χ3n) is 2.92. The van der Waals surface area contributed by atoms with Crippen molar-refractivity contribution in [2.45, 2.75) is 19.5 Å². The molecule has 2 N–H and O–H groups in total. The summed E-state index contributed by atoms with van der Waals surface area (Å²) in [7, 11) is 0. The predicted molar refractivity (Wildman–Crippen MR) is 66.1 cm³/mol. The number of pyridine rings is 1. The van der Waals surface area contributed by atoms with Crippen LogP contribution in [0.25, 0.3) is 0 Å². The number of fused-ring (bicyclic) bond motifs is 1. The highest BCUT2D eigenvalue weighted by Crippen LogP contribution is 2.23. The molecule has 92 valence electrons. The van der Waals surface area contributed by atoms with Crippen LogP contribution in [0.2, 0.25) is 0 Å². The van der Waals surface area contributed by atoms with Crippen molar-refractivity contribution in [3.8, 4) is 0 Å². The number of azo groups is 1. The van der Waals surface area contributed by atoms with Crippen LogP contribution in [0.1, 0.15) is 6.42 Å². The van der Waals surface area contributed by atoms with Crippen molar-refractivity contribution in [2.75, 3.05) is 5.73 Å². The second-order valence-electron chi connectivity index (χ2n) is 4.04. The van der Waals surface area contributed by atoms with E-state index in [0.717, 1.165) is 13.0 Å². The maximum absolute atomic E-state index is 12.0. The average molecular weight is 244 g/mol. The summed E-state index contributed by atoms with van der Waals surface area (Å²) in [5, 5.41) is 7.95. The summed E-state index contributed by atoms with van der Waals surface area (Å²) in [4.78, 5) is 15.9. The summed E-state index contributed by atoms with van der Waals surface area (Å²) in [6, 6.07) is 3.42. The van der Waals surface area contributed by atoms with Gasteiger partial charge in [0.05, 0.1) is 5.69 Å². The summed E-state index contributed by atoms with van der Waals surface area (Å²) in [6.45, 7) is 1.44. The van der Waals surface area contributed by atoms with Crippen LogP contribution in [0.4, 0.5) is 17.2 Å². The molecular formula is C11H12N6O. The van der Waals surface area contributed by atoms with Crippen molar-refractivity contribution >= 4 is 17.2 Å². The molecule has 0 aromatic carbocycles. The average Bonchev–Trinajstić information content (AvgIpc) is 2.95. The van der Waals surface area contributed by atoms with Crippen LogP contribution < -0.4 is 11.3 Å². The van der Waals surface area contributed by atoms with Crippen LogP contribution in [0, 0.1) is 0 Å². The van der Waals surface area contributed by atoms with E-state index in [2.05, 4.69) is 15.2 Å². The van der Waals surface area contributed by atoms with Gasteiger partial charge in [-0.05, 0) is 18.6 Å². The quantitative estimate of drug-likeness (QED) is 0.810. The minimum Gasteiger partial charge on any atom is -0.382 e. The van der Waals surface area contributed by atoms with Gasteiger partial charge in [0.1, 0.15) is 0 Å². The Balaban J connectivity index is 2.00. The van der Waals surface area contributed by atoms with Crippen LogP contribution >= 0.6 is 0 Å². The first-order chi connectivity index (χ1) is 8.77. The zero-order chi connectivity index (χ0) is 12.5. The van der Waals surface area contributed by atoms with Crippen LogP contribution in [-0.2, 0) is 13.1 Å². The fraction of sp³-hybridized carbons (Fsp3) is 0.273. The monoisotopic (exact) mass is 244 g/mol. The molecule has 3 rings (SSSR count). The molecule has 3 heterocycles. The van der Waals surface area contributed by atoms with Crippen LogP contribution in [0.15, 0.2) is 39.5 Å². The molecule has 1 aliphatic rings. The topological polar surface area (TPSA) is 90.6 Å². The molecule has 0 radical (unpaired) electrons. The van der Waals surface area contributed by atoms with Gasteiger partial charge in [0.2, 0.25) is 0 Å². The number of anilines is 1. The Hall–Kier alpha value is -2.44. The molecular weight excluding hydrogens is 232 g/mol. The van der Waals surface area contributed by atoms with Gasteiger partial charge < -0.3 is 5.73 Å². The van der Waals surface area contributed by atoms with Crippen molar-refractivity contribution < 1.29 is 0 Å². The summed E-state index contributed by atoms with van der Waals surface area (Å²) >= 11 is 0. The molecule has 18 heavy (non-hydrogen) atoms. The predicted octanol–water partition coefficient (Wildman–Crippen LogP) is 1.45. The van der Waals surface area contributed by atoms with E-state index in [9.17, 15) is 4.79 Å². The number of hydrogen-bond acceptors (Lipinski definition) is 5. The van der Waals surface area contributed by atoms with Gasteiger partial charge in [-0.3, -0.25) is 14.5 Å². The lowest BCUT2D eigenvalue weighted by Crippen LogP contribution is -2.16. The number of nitrogens with zero attached hydrogens (tertiary/aromatic N) is 5. The molecule has 0 unspecified atom stereocenters. The minimum atomic E-state index is -0.178. The zero-order valence-electron chi connectivity index (χ0n) is 9.65. The van der Waals surface area contributed by atoms with Crippen molar-refractivity contribution in [3.63, 3.8) is 0 Å². The van der Waals surface area contributed by atoms with E-state index in [1.165, 1.54) is 0 Å². The van der Waals surface area contributed by atoms with E-state index in [0.29, 0.717) is 18.1 Å². The maximum Gasteiger partial charge on any atom is 0.296 e. The van der Waals surface area contributed by atoms with E-state index < -0.39 is 0 Å². The van der Waals surface area contributed by atoms with Gasteiger partial charge in [-0.15, -0.1) is 5.11 Å². The Kier molecular flexibility index (Phi) is 2.44. The van der Waals surface area contributed by atoms with Crippen LogP contribution in [0.3, 0.4) is 0 Å². The van der Waals surface area contributed by atoms with Gasteiger partial charge in [0.15, 0.2) is 11.5 Å². The Morgan fingerprint density at radius 2 is 1.89 bits per heavy atom. The number of aromatic nitrogens is 3. The van der Waals surface area contributed by atoms with Gasteiger partial charge >= 0.3 is 0 Å². The zero-order valence-corrected chi connectivity index (χ0v) is 9.65. The molecule has 0 spiro atoms. The summed E-state index contributed by atoms with van der Waals surface area (Å²) in [6.07, 6.45) is 4.16. The van der Waals surface area contributed by atoms with Crippen molar-refractivity contribution in [1.82, 2.24) is 14.3 Å². The molecule has 0 atom stereocenters. The Bertz CT molecular complexity index is 654. The fourth-order valence-corrected chi connectivity index (χ4v) is 2.04. The molecule has 2 aromatic rings. The van der Waals surface area contributed by atoms with Gasteiger partial charge in [0.25, 0.3) is 5.56 Å². The largest absolute Gasteiger partial charge is 0.382 e. The first kappa shape index (κ1) is 10.7. The lowest BCUT2D eigenvalue weighted by Gasteiger charge is -1.98. The molecule has 0 saturated carbocycles. The van der Waals surface area contributed by atoms with Gasteiger partial charge in [-0.25, -0.2) is 4.68 Å². The molecule has 0 fully saturated rings. The third-order valence-corrected chi connectivity index (χ3v) is 2.92. The van der Waals surface area contributed by atoms with E-state index in [4.69, 9.17) is 5.73 Å². The number of nitrogens with two attached hydrogens (primary N) is 1. The number of hydrogen-bond donors (Lipinski definition) is 1. The number of nitrogen functional groups attached to an aromatic ring is 1. The SMILES string of the molecule is Nc1c(N=Nc2ccncc2)c(=O)n2n1CCC2. The van der Waals surface area contributed by atoms with Crippen molar-refractivity contribution in [2.24, 2.45) is 10.2 Å². The summed E-state index contributed by atoms with van der Waals surface area (Å²) in [5.41, 5.74) is 6.57. The lowest BCUT2D eigenvalue weighted by molar-refractivity contribution is 0.601. The van der Waals surface area contributed by atoms with Gasteiger partial charge in [0, 0.05) is 25.5 Å². The number of rotatable bonds is 2. The first-order valence-corrected chi connectivity index (χ1v) is 5.68. The van der Waals surface area contributed by atoms with E-state index >= 15 is 0 Å². The smallest absolute Gasteiger partial charge is 0.296 e. The second kappa shape index (κ2) is 4.10. The first-order valence-electron chi connectivity index (χ1n) is 5.68. The molecule has 1 aliphatic heterocycles. The van der Waals surface area contributed by atoms with Crippen LogP contribution in [-0.4, -0.2) is 14.3 Å². The molecule has 7 heteroatoms. The third kappa shape index (κ3) is 1.60. The minimum absolute atomic E-state index is 0.178. The Morgan fingerprint density at radius 3 is 2.61 bits per heavy atom. The van der Waals surface area contributed by atoms with E-state index in [1.807, 2.05) is 0 Å². The summed E-state index contributed by atoms with van der Waals surface area (Å²) in [5.74, 6) is 0.385. The fourth-order valence-electron chi connectivity index (χ4n) is 2.04. The van der Waals surface area contributed by atoms with Crippen molar-refractivity contribution in [1.29, 1.82) is 0 Å². The van der Waals surface area contributed by atoms with Crippen molar-refractivity contribution in [3.05, 3.63) is 34.9 Å². The maximum atomic E-state index is 12.0. The highest BCUT2D eigenvalue weighted by Gasteiger charge is 2.21. The molecule has 0 saturated heterocycles. The second-order valence-corrected chi connectivity index (χ2v) is 4.04. The Labute approximate surface area is 103 Å². The lowest BCUT2D eigenvalue weighted by atomic mass is 10.4. The summed E-state index contributed by atoms with van der Waals surface area (Å²) < 4.78 is 3.36. The van der Waals surface area contributed by atoms with Gasteiger partial charge in [-0.1, -0.05) is 0 Å². The Morgan fingerprint density at radius 1 is 1.17 bits per heavy atom. The van der Waals surface area contributed by atoms with Gasteiger partial charge in [-0.2, -0.15) is 5.11 Å².